The number of imidazole rings is 1. The number of nitrogens with zero attached hydrogens (tertiary/aromatic N) is 4. The van der Waals surface area contributed by atoms with Gasteiger partial charge in [0.1, 0.15) is 24.3 Å². The standard InChI is InChI=1S/C18H21FN6O3S/c1-12-13(2)25(11-23-12)18-9-17(21-10-22-18)20-6-7-24-29(26,27)14-4-5-16(28-3)15(19)8-14/h4-5,8-11,24H,6-7H2,1-3H3,(H,20,21,22). The van der Waals surface area contributed by atoms with E-state index in [9.17, 15) is 12.8 Å². The molecule has 0 fully saturated rings. The Kier molecular flexibility index (Phi) is 6.09. The van der Waals surface area contributed by atoms with Gasteiger partial charge in [-0.25, -0.2) is 32.5 Å². The number of rotatable bonds is 8. The summed E-state index contributed by atoms with van der Waals surface area (Å²) in [6, 6.07) is 5.20. The zero-order valence-corrected chi connectivity index (χ0v) is 17.0. The van der Waals surface area contributed by atoms with E-state index < -0.39 is 15.8 Å². The Morgan fingerprint density at radius 2 is 1.93 bits per heavy atom. The highest BCUT2D eigenvalue weighted by Gasteiger charge is 2.16. The number of methoxy groups -OCH3 is 1. The number of nitrogens with one attached hydrogen (secondary N) is 2. The van der Waals surface area contributed by atoms with E-state index in [4.69, 9.17) is 4.74 Å². The number of sulfonamides is 1. The monoisotopic (exact) mass is 420 g/mol. The van der Waals surface area contributed by atoms with Crippen molar-refractivity contribution in [2.45, 2.75) is 18.7 Å². The molecule has 0 bridgehead atoms. The summed E-state index contributed by atoms with van der Waals surface area (Å²) in [6.45, 7) is 4.20. The van der Waals surface area contributed by atoms with Gasteiger partial charge in [0.2, 0.25) is 10.0 Å². The predicted octanol–water partition coefficient (Wildman–Crippen LogP) is 1.82. The summed E-state index contributed by atoms with van der Waals surface area (Å²) in [5, 5.41) is 3.03. The summed E-state index contributed by atoms with van der Waals surface area (Å²) < 4.78 is 47.4. The summed E-state index contributed by atoms with van der Waals surface area (Å²) in [6.07, 6.45) is 3.09. The van der Waals surface area contributed by atoms with Gasteiger partial charge in [0, 0.05) is 24.8 Å². The van der Waals surface area contributed by atoms with E-state index in [1.807, 2.05) is 18.4 Å². The molecule has 0 atom stereocenters. The van der Waals surface area contributed by atoms with E-state index in [2.05, 4.69) is 25.0 Å². The van der Waals surface area contributed by atoms with Crippen molar-refractivity contribution in [2.24, 2.45) is 0 Å². The van der Waals surface area contributed by atoms with Crippen LogP contribution in [0, 0.1) is 19.7 Å². The van der Waals surface area contributed by atoms with Gasteiger partial charge in [0.15, 0.2) is 11.6 Å². The van der Waals surface area contributed by atoms with Gasteiger partial charge in [-0.05, 0) is 32.0 Å². The van der Waals surface area contributed by atoms with Gasteiger partial charge in [-0.3, -0.25) is 4.57 Å². The Hall–Kier alpha value is -3.05. The fourth-order valence-electron chi connectivity index (χ4n) is 2.58. The minimum absolute atomic E-state index is 0.0199. The molecule has 2 heterocycles. The van der Waals surface area contributed by atoms with Crippen LogP contribution < -0.4 is 14.8 Å². The Labute approximate surface area is 168 Å². The third-order valence-electron chi connectivity index (χ3n) is 4.31. The molecule has 0 saturated heterocycles. The first kappa shape index (κ1) is 20.7. The summed E-state index contributed by atoms with van der Waals surface area (Å²) in [5.74, 6) is 0.422. The summed E-state index contributed by atoms with van der Waals surface area (Å²) in [4.78, 5) is 12.4. The molecular formula is C18H21FN6O3S. The minimum atomic E-state index is -3.85. The molecule has 9 nitrogen and oxygen atoms in total. The second-order valence-corrected chi connectivity index (χ2v) is 7.93. The highest BCUT2D eigenvalue weighted by atomic mass is 32.2. The maximum absolute atomic E-state index is 13.7. The summed E-state index contributed by atoms with van der Waals surface area (Å²) in [5.41, 5.74) is 1.87. The van der Waals surface area contributed by atoms with Gasteiger partial charge in [-0.2, -0.15) is 0 Å². The van der Waals surface area contributed by atoms with Crippen LogP contribution >= 0.6 is 0 Å². The molecule has 2 N–H and O–H groups in total. The molecule has 2 aromatic heterocycles. The van der Waals surface area contributed by atoms with Crippen molar-refractivity contribution in [2.75, 3.05) is 25.5 Å². The van der Waals surface area contributed by atoms with Crippen molar-refractivity contribution >= 4 is 15.8 Å². The molecular weight excluding hydrogens is 399 g/mol. The Morgan fingerprint density at radius 1 is 1.14 bits per heavy atom. The van der Waals surface area contributed by atoms with Crippen LogP contribution in [0.4, 0.5) is 10.2 Å². The maximum Gasteiger partial charge on any atom is 0.240 e. The van der Waals surface area contributed by atoms with Gasteiger partial charge in [0.25, 0.3) is 0 Å². The molecule has 3 rings (SSSR count). The number of halogens is 1. The van der Waals surface area contributed by atoms with Gasteiger partial charge in [-0.1, -0.05) is 0 Å². The molecule has 0 aliphatic rings. The topological polar surface area (TPSA) is 111 Å². The predicted molar refractivity (Wildman–Crippen MR) is 105 cm³/mol. The van der Waals surface area contributed by atoms with E-state index in [1.165, 1.54) is 25.6 Å². The van der Waals surface area contributed by atoms with E-state index in [0.29, 0.717) is 11.6 Å². The van der Waals surface area contributed by atoms with E-state index in [0.717, 1.165) is 17.5 Å². The number of hydrogen-bond acceptors (Lipinski definition) is 7. The highest BCUT2D eigenvalue weighted by Crippen LogP contribution is 2.20. The largest absolute Gasteiger partial charge is 0.494 e. The summed E-state index contributed by atoms with van der Waals surface area (Å²) in [7, 11) is -2.54. The molecule has 0 radical (unpaired) electrons. The Morgan fingerprint density at radius 3 is 2.59 bits per heavy atom. The number of aromatic nitrogens is 4. The molecule has 1 aromatic carbocycles. The van der Waals surface area contributed by atoms with Crippen molar-refractivity contribution < 1.29 is 17.5 Å². The Bertz CT molecular complexity index is 1120. The van der Waals surface area contributed by atoms with Crippen molar-refractivity contribution in [3.8, 4) is 11.6 Å². The quantitative estimate of drug-likeness (QED) is 0.535. The number of anilines is 1. The number of aryl methyl sites for hydroxylation is 1. The lowest BCUT2D eigenvalue weighted by Gasteiger charge is -2.10. The first-order valence-electron chi connectivity index (χ1n) is 8.72. The first-order chi connectivity index (χ1) is 13.8. The van der Waals surface area contributed by atoms with Crippen LogP contribution in [0.3, 0.4) is 0 Å². The lowest BCUT2D eigenvalue weighted by molar-refractivity contribution is 0.385. The van der Waals surface area contributed by atoms with Crippen molar-refractivity contribution in [1.29, 1.82) is 0 Å². The molecule has 0 aliphatic heterocycles. The third-order valence-corrected chi connectivity index (χ3v) is 5.77. The smallest absolute Gasteiger partial charge is 0.240 e. The molecule has 3 aromatic rings. The van der Waals surface area contributed by atoms with Gasteiger partial charge in [-0.15, -0.1) is 0 Å². The Balaban J connectivity index is 1.60. The van der Waals surface area contributed by atoms with E-state index in [1.54, 1.807) is 12.4 Å². The number of ether oxygens (including phenoxy) is 1. The first-order valence-corrected chi connectivity index (χ1v) is 10.2. The van der Waals surface area contributed by atoms with Crippen LogP contribution in [0.5, 0.6) is 5.75 Å². The van der Waals surface area contributed by atoms with Crippen LogP contribution in [0.15, 0.2) is 41.8 Å². The number of hydrogen-bond donors (Lipinski definition) is 2. The normalized spacial score (nSPS) is 11.4. The third kappa shape index (κ3) is 4.69. The zero-order chi connectivity index (χ0) is 21.0. The lowest BCUT2D eigenvalue weighted by atomic mass is 10.3. The second kappa shape index (κ2) is 8.53. The SMILES string of the molecule is COc1ccc(S(=O)(=O)NCCNc2cc(-n3cnc(C)c3C)ncn2)cc1F. The van der Waals surface area contributed by atoms with Crippen LogP contribution in [0.2, 0.25) is 0 Å². The molecule has 0 unspecified atom stereocenters. The molecule has 29 heavy (non-hydrogen) atoms. The van der Waals surface area contributed by atoms with E-state index in [-0.39, 0.29) is 23.7 Å². The average molecular weight is 420 g/mol. The van der Waals surface area contributed by atoms with E-state index >= 15 is 0 Å². The highest BCUT2D eigenvalue weighted by molar-refractivity contribution is 7.89. The second-order valence-electron chi connectivity index (χ2n) is 6.17. The van der Waals surface area contributed by atoms with Crippen molar-refractivity contribution in [3.05, 3.63) is 54.1 Å². The van der Waals surface area contributed by atoms with Crippen molar-refractivity contribution in [3.63, 3.8) is 0 Å². The molecule has 0 spiro atoms. The molecule has 0 saturated carbocycles. The fourth-order valence-corrected chi connectivity index (χ4v) is 3.62. The summed E-state index contributed by atoms with van der Waals surface area (Å²) >= 11 is 0. The van der Waals surface area contributed by atoms with Crippen LogP contribution in [0.25, 0.3) is 5.82 Å². The number of benzene rings is 1. The molecule has 154 valence electrons. The maximum atomic E-state index is 13.7. The minimum Gasteiger partial charge on any atom is -0.494 e. The van der Waals surface area contributed by atoms with Crippen LogP contribution in [0.1, 0.15) is 11.4 Å². The van der Waals surface area contributed by atoms with Crippen LogP contribution in [-0.4, -0.2) is 48.1 Å². The van der Waals surface area contributed by atoms with Gasteiger partial charge < -0.3 is 10.1 Å². The zero-order valence-electron chi connectivity index (χ0n) is 16.2. The average Bonchev–Trinajstić information content (AvgIpc) is 3.04. The van der Waals surface area contributed by atoms with Gasteiger partial charge in [0.05, 0.1) is 17.7 Å². The van der Waals surface area contributed by atoms with Gasteiger partial charge >= 0.3 is 0 Å². The molecule has 0 aliphatic carbocycles. The van der Waals surface area contributed by atoms with Crippen LogP contribution in [-0.2, 0) is 10.0 Å². The fraction of sp³-hybridized carbons (Fsp3) is 0.278. The molecule has 0 amide bonds. The lowest BCUT2D eigenvalue weighted by Crippen LogP contribution is -2.29. The molecule has 11 heteroatoms. The van der Waals surface area contributed by atoms with Crippen molar-refractivity contribution in [1.82, 2.24) is 24.2 Å².